The molecule has 2 aliphatic heterocycles. The minimum atomic E-state index is 0.742. The fourth-order valence-corrected chi connectivity index (χ4v) is 4.56. The van der Waals surface area contributed by atoms with Crippen molar-refractivity contribution in [3.05, 3.63) is 0 Å². The lowest BCUT2D eigenvalue weighted by Gasteiger charge is -2.41. The van der Waals surface area contributed by atoms with Gasteiger partial charge in [0.05, 0.1) is 0 Å². The molecule has 0 aromatic carbocycles. The average molecular weight is 199 g/mol. The second-order valence-corrected chi connectivity index (χ2v) is 5.71. The van der Waals surface area contributed by atoms with Crippen LogP contribution >= 0.6 is 11.8 Å². The van der Waals surface area contributed by atoms with Crippen molar-refractivity contribution in [1.82, 2.24) is 5.32 Å². The highest BCUT2D eigenvalue weighted by atomic mass is 32.2. The van der Waals surface area contributed by atoms with E-state index in [1.54, 1.807) is 0 Å². The van der Waals surface area contributed by atoms with Gasteiger partial charge < -0.3 is 5.32 Å². The van der Waals surface area contributed by atoms with Gasteiger partial charge in [-0.2, -0.15) is 11.8 Å². The van der Waals surface area contributed by atoms with Crippen LogP contribution in [0.1, 0.15) is 32.6 Å². The third-order valence-corrected chi connectivity index (χ3v) is 5.10. The van der Waals surface area contributed by atoms with Crippen molar-refractivity contribution < 1.29 is 0 Å². The third kappa shape index (κ3) is 1.89. The van der Waals surface area contributed by atoms with Gasteiger partial charge in [0, 0.05) is 0 Å². The Labute approximate surface area is 86.0 Å². The van der Waals surface area contributed by atoms with Gasteiger partial charge >= 0.3 is 0 Å². The summed E-state index contributed by atoms with van der Waals surface area (Å²) in [5, 5.41) is 3.56. The molecule has 2 aliphatic rings. The molecule has 0 aromatic heterocycles. The summed E-state index contributed by atoms with van der Waals surface area (Å²) in [6, 6.07) is 0. The lowest BCUT2D eigenvalue weighted by atomic mass is 9.69. The SMILES string of the molecule is CCCC1CNCCC12CCSC2. The Morgan fingerprint density at radius 2 is 2.38 bits per heavy atom. The van der Waals surface area contributed by atoms with Crippen molar-refractivity contribution in [2.45, 2.75) is 32.6 Å². The molecule has 2 atom stereocenters. The Balaban J connectivity index is 2.03. The number of rotatable bonds is 2. The fourth-order valence-electron chi connectivity index (χ4n) is 2.93. The molecule has 2 heteroatoms. The zero-order valence-corrected chi connectivity index (χ0v) is 9.46. The summed E-state index contributed by atoms with van der Waals surface area (Å²) in [6.45, 7) is 4.87. The lowest BCUT2D eigenvalue weighted by Crippen LogP contribution is -2.45. The zero-order chi connectivity index (χ0) is 9.15. The van der Waals surface area contributed by atoms with E-state index in [0.717, 1.165) is 11.3 Å². The molecule has 0 amide bonds. The Bertz CT molecular complexity index is 161. The van der Waals surface area contributed by atoms with E-state index in [2.05, 4.69) is 24.0 Å². The molecule has 2 saturated heterocycles. The number of hydrogen-bond donors (Lipinski definition) is 1. The van der Waals surface area contributed by atoms with Gasteiger partial charge in [-0.05, 0) is 55.2 Å². The number of thioether (sulfide) groups is 1. The molecule has 2 heterocycles. The van der Waals surface area contributed by atoms with Gasteiger partial charge in [0.1, 0.15) is 0 Å². The number of hydrogen-bond acceptors (Lipinski definition) is 2. The summed E-state index contributed by atoms with van der Waals surface area (Å²) in [5.74, 6) is 3.83. The van der Waals surface area contributed by atoms with Crippen LogP contribution in [0.3, 0.4) is 0 Å². The molecule has 0 aromatic rings. The molecule has 0 radical (unpaired) electrons. The highest BCUT2D eigenvalue weighted by Gasteiger charge is 2.42. The van der Waals surface area contributed by atoms with Crippen molar-refractivity contribution in [3.8, 4) is 0 Å². The largest absolute Gasteiger partial charge is 0.316 e. The zero-order valence-electron chi connectivity index (χ0n) is 8.64. The van der Waals surface area contributed by atoms with Crippen LogP contribution < -0.4 is 5.32 Å². The molecule has 2 rings (SSSR count). The van der Waals surface area contributed by atoms with Crippen LogP contribution in [0.2, 0.25) is 0 Å². The fraction of sp³-hybridized carbons (Fsp3) is 1.00. The van der Waals surface area contributed by atoms with Gasteiger partial charge in [0.15, 0.2) is 0 Å². The topological polar surface area (TPSA) is 12.0 Å². The predicted molar refractivity (Wildman–Crippen MR) is 60.3 cm³/mol. The second kappa shape index (κ2) is 4.22. The van der Waals surface area contributed by atoms with E-state index in [1.807, 2.05) is 0 Å². The number of nitrogens with one attached hydrogen (secondary N) is 1. The Hall–Kier alpha value is 0.310. The minimum Gasteiger partial charge on any atom is -0.316 e. The van der Waals surface area contributed by atoms with E-state index in [4.69, 9.17) is 0 Å². The molecule has 0 aliphatic carbocycles. The molecule has 1 nitrogen and oxygen atoms in total. The quantitative estimate of drug-likeness (QED) is 0.733. The molecule has 76 valence electrons. The van der Waals surface area contributed by atoms with Gasteiger partial charge in [-0.3, -0.25) is 0 Å². The van der Waals surface area contributed by atoms with Crippen molar-refractivity contribution in [1.29, 1.82) is 0 Å². The van der Waals surface area contributed by atoms with E-state index in [9.17, 15) is 0 Å². The van der Waals surface area contributed by atoms with Crippen LogP contribution in [0, 0.1) is 11.3 Å². The van der Waals surface area contributed by atoms with Crippen molar-refractivity contribution in [2.75, 3.05) is 24.6 Å². The van der Waals surface area contributed by atoms with E-state index in [-0.39, 0.29) is 0 Å². The Morgan fingerprint density at radius 1 is 1.46 bits per heavy atom. The van der Waals surface area contributed by atoms with Crippen LogP contribution in [0.25, 0.3) is 0 Å². The highest BCUT2D eigenvalue weighted by molar-refractivity contribution is 7.99. The van der Waals surface area contributed by atoms with Crippen LogP contribution in [0.5, 0.6) is 0 Å². The first-order valence-corrected chi connectivity index (χ1v) is 6.81. The maximum absolute atomic E-state index is 3.56. The van der Waals surface area contributed by atoms with Gasteiger partial charge in [0.2, 0.25) is 0 Å². The maximum atomic E-state index is 3.56. The molecule has 2 fully saturated rings. The predicted octanol–water partition coefficient (Wildman–Crippen LogP) is 2.52. The van der Waals surface area contributed by atoms with Crippen LogP contribution in [0.15, 0.2) is 0 Å². The Morgan fingerprint density at radius 3 is 3.08 bits per heavy atom. The number of piperidine rings is 1. The third-order valence-electron chi connectivity index (χ3n) is 3.83. The first-order chi connectivity index (χ1) is 6.37. The average Bonchev–Trinajstić information content (AvgIpc) is 2.59. The van der Waals surface area contributed by atoms with E-state index in [0.29, 0.717) is 0 Å². The van der Waals surface area contributed by atoms with E-state index >= 15 is 0 Å². The minimum absolute atomic E-state index is 0.742. The highest BCUT2D eigenvalue weighted by Crippen LogP contribution is 2.47. The second-order valence-electron chi connectivity index (χ2n) is 4.60. The molecular formula is C11H21NS. The molecular weight excluding hydrogens is 178 g/mol. The van der Waals surface area contributed by atoms with Crippen molar-refractivity contribution in [2.24, 2.45) is 11.3 Å². The van der Waals surface area contributed by atoms with Gasteiger partial charge in [-0.15, -0.1) is 0 Å². The molecule has 13 heavy (non-hydrogen) atoms. The molecule has 0 saturated carbocycles. The summed E-state index contributed by atoms with van der Waals surface area (Å²) in [6.07, 6.45) is 5.72. The van der Waals surface area contributed by atoms with Gasteiger partial charge in [-0.25, -0.2) is 0 Å². The normalized spacial score (nSPS) is 39.9. The van der Waals surface area contributed by atoms with Crippen molar-refractivity contribution >= 4 is 11.8 Å². The molecule has 2 unspecified atom stereocenters. The monoisotopic (exact) mass is 199 g/mol. The van der Waals surface area contributed by atoms with Gasteiger partial charge in [-0.1, -0.05) is 13.3 Å². The maximum Gasteiger partial charge on any atom is -0.000690 e. The Kier molecular flexibility index (Phi) is 3.20. The summed E-state index contributed by atoms with van der Waals surface area (Å²) in [5.41, 5.74) is 0.742. The summed E-state index contributed by atoms with van der Waals surface area (Å²) in [7, 11) is 0. The summed E-state index contributed by atoms with van der Waals surface area (Å²) >= 11 is 2.18. The summed E-state index contributed by atoms with van der Waals surface area (Å²) < 4.78 is 0. The van der Waals surface area contributed by atoms with Crippen LogP contribution in [0.4, 0.5) is 0 Å². The lowest BCUT2D eigenvalue weighted by molar-refractivity contribution is 0.129. The standard InChI is InChI=1S/C11H21NS/c1-2-3-10-8-12-6-4-11(10)5-7-13-9-11/h10,12H,2-9H2,1H3. The summed E-state index contributed by atoms with van der Waals surface area (Å²) in [4.78, 5) is 0. The first kappa shape index (κ1) is 9.85. The smallest absolute Gasteiger partial charge is 0.000690 e. The molecule has 1 N–H and O–H groups in total. The molecule has 1 spiro atoms. The first-order valence-electron chi connectivity index (χ1n) is 5.66. The van der Waals surface area contributed by atoms with E-state index < -0.39 is 0 Å². The van der Waals surface area contributed by atoms with E-state index in [1.165, 1.54) is 50.3 Å². The molecule has 0 bridgehead atoms. The van der Waals surface area contributed by atoms with Gasteiger partial charge in [0.25, 0.3) is 0 Å². The van der Waals surface area contributed by atoms with Crippen LogP contribution in [-0.2, 0) is 0 Å². The van der Waals surface area contributed by atoms with Crippen LogP contribution in [-0.4, -0.2) is 24.6 Å². The van der Waals surface area contributed by atoms with Crippen molar-refractivity contribution in [3.63, 3.8) is 0 Å².